The molecule has 25 heavy (non-hydrogen) atoms. The van der Waals surface area contributed by atoms with Gasteiger partial charge in [-0.2, -0.15) is 0 Å². The van der Waals surface area contributed by atoms with Gasteiger partial charge in [0.2, 0.25) is 5.91 Å². The van der Waals surface area contributed by atoms with Gasteiger partial charge in [-0.15, -0.1) is 11.8 Å². The molecule has 1 aromatic rings. The van der Waals surface area contributed by atoms with E-state index in [4.69, 9.17) is 5.73 Å². The minimum Gasteiger partial charge on any atom is -0.331 e. The van der Waals surface area contributed by atoms with Gasteiger partial charge >= 0.3 is 6.03 Å². The number of benzene rings is 1. The van der Waals surface area contributed by atoms with Crippen molar-refractivity contribution in [2.75, 3.05) is 36.6 Å². The number of nitrogens with zero attached hydrogens (tertiary/aromatic N) is 2. The summed E-state index contributed by atoms with van der Waals surface area (Å²) in [7, 11) is 0. The SMILES string of the molecule is NC(C(=O)N1CCSC1)C1CCN(C(=O)Nc2ccc(I)cc2)CC1. The molecule has 2 aliphatic heterocycles. The molecule has 2 saturated heterocycles. The highest BCUT2D eigenvalue weighted by Gasteiger charge is 2.33. The molecule has 1 aromatic carbocycles. The number of nitrogens with one attached hydrogen (secondary N) is 1. The monoisotopic (exact) mass is 474 g/mol. The number of anilines is 1. The second-order valence-corrected chi connectivity index (χ2v) is 8.75. The third-order valence-electron chi connectivity index (χ3n) is 4.78. The third-order valence-corrected chi connectivity index (χ3v) is 6.46. The standard InChI is InChI=1S/C17H23IN4O2S/c18-13-1-3-14(4-2-13)20-17(24)21-7-5-12(6-8-21)15(19)16(23)22-9-10-25-11-22/h1-4,12,15H,5-11,19H2,(H,20,24). The molecule has 6 nitrogen and oxygen atoms in total. The maximum absolute atomic E-state index is 12.4. The number of likely N-dealkylation sites (tertiary alicyclic amines) is 1. The molecule has 0 aromatic heterocycles. The molecule has 1 unspecified atom stereocenters. The van der Waals surface area contributed by atoms with Crippen LogP contribution in [0.15, 0.2) is 24.3 Å². The van der Waals surface area contributed by atoms with Crippen LogP contribution in [0.3, 0.4) is 0 Å². The van der Waals surface area contributed by atoms with E-state index >= 15 is 0 Å². The first-order valence-electron chi connectivity index (χ1n) is 8.48. The van der Waals surface area contributed by atoms with Crippen molar-refractivity contribution in [1.82, 2.24) is 9.80 Å². The molecule has 3 rings (SSSR count). The van der Waals surface area contributed by atoms with Crippen molar-refractivity contribution in [3.63, 3.8) is 0 Å². The quantitative estimate of drug-likeness (QED) is 0.660. The van der Waals surface area contributed by atoms with E-state index in [1.807, 2.05) is 29.2 Å². The highest BCUT2D eigenvalue weighted by atomic mass is 127. The Labute approximate surface area is 166 Å². The second-order valence-electron chi connectivity index (χ2n) is 6.43. The largest absolute Gasteiger partial charge is 0.331 e. The van der Waals surface area contributed by atoms with Crippen molar-refractivity contribution >= 4 is 52.0 Å². The van der Waals surface area contributed by atoms with Gasteiger partial charge in [0.05, 0.1) is 11.9 Å². The predicted octanol–water partition coefficient (Wildman–Crippen LogP) is 2.40. The minimum absolute atomic E-state index is 0.0618. The van der Waals surface area contributed by atoms with Crippen molar-refractivity contribution in [1.29, 1.82) is 0 Å². The number of hydrogen-bond acceptors (Lipinski definition) is 4. The van der Waals surface area contributed by atoms with Crippen molar-refractivity contribution < 1.29 is 9.59 Å². The summed E-state index contributed by atoms with van der Waals surface area (Å²) in [5.41, 5.74) is 7.01. The summed E-state index contributed by atoms with van der Waals surface area (Å²) in [4.78, 5) is 28.5. The predicted molar refractivity (Wildman–Crippen MR) is 109 cm³/mol. The van der Waals surface area contributed by atoms with E-state index in [2.05, 4.69) is 27.9 Å². The van der Waals surface area contributed by atoms with E-state index in [1.54, 1.807) is 16.7 Å². The molecule has 8 heteroatoms. The fraction of sp³-hybridized carbons (Fsp3) is 0.529. The van der Waals surface area contributed by atoms with Gasteiger partial charge in [0.15, 0.2) is 0 Å². The van der Waals surface area contributed by atoms with E-state index in [1.165, 1.54) is 0 Å². The van der Waals surface area contributed by atoms with Crippen molar-refractivity contribution in [2.45, 2.75) is 18.9 Å². The van der Waals surface area contributed by atoms with Crippen LogP contribution in [0.5, 0.6) is 0 Å². The van der Waals surface area contributed by atoms with Gasteiger partial charge in [-0.05, 0) is 65.6 Å². The van der Waals surface area contributed by atoms with Crippen LogP contribution in [0.4, 0.5) is 10.5 Å². The summed E-state index contributed by atoms with van der Waals surface area (Å²) in [5.74, 6) is 1.96. The smallest absolute Gasteiger partial charge is 0.321 e. The van der Waals surface area contributed by atoms with Crippen molar-refractivity contribution in [3.05, 3.63) is 27.8 Å². The zero-order valence-corrected chi connectivity index (χ0v) is 17.0. The average Bonchev–Trinajstić information content (AvgIpc) is 3.17. The fourth-order valence-corrected chi connectivity index (χ4v) is 4.51. The lowest BCUT2D eigenvalue weighted by molar-refractivity contribution is -0.132. The molecule has 0 saturated carbocycles. The molecule has 0 radical (unpaired) electrons. The second kappa shape index (κ2) is 8.59. The lowest BCUT2D eigenvalue weighted by atomic mass is 9.89. The molecule has 136 valence electrons. The maximum atomic E-state index is 12.4. The number of urea groups is 1. The first-order chi connectivity index (χ1) is 12.0. The molecule has 0 spiro atoms. The lowest BCUT2D eigenvalue weighted by Gasteiger charge is -2.35. The Balaban J connectivity index is 1.48. The molecular formula is C17H23IN4O2S. The minimum atomic E-state index is -0.444. The third kappa shape index (κ3) is 4.79. The van der Waals surface area contributed by atoms with Crippen LogP contribution in [0.25, 0.3) is 0 Å². The van der Waals surface area contributed by atoms with Crippen molar-refractivity contribution in [2.24, 2.45) is 11.7 Å². The van der Waals surface area contributed by atoms with E-state index < -0.39 is 6.04 Å². The Hall–Kier alpha value is -1.000. The number of hydrogen-bond donors (Lipinski definition) is 2. The Morgan fingerprint density at radius 2 is 1.84 bits per heavy atom. The number of halogens is 1. The maximum Gasteiger partial charge on any atom is 0.321 e. The van der Waals surface area contributed by atoms with Gasteiger partial charge in [0.25, 0.3) is 0 Å². The van der Waals surface area contributed by atoms with E-state index in [0.29, 0.717) is 13.1 Å². The van der Waals surface area contributed by atoms with Crippen LogP contribution in [0.2, 0.25) is 0 Å². The molecule has 0 aliphatic carbocycles. The Morgan fingerprint density at radius 1 is 1.16 bits per heavy atom. The highest BCUT2D eigenvalue weighted by molar-refractivity contribution is 14.1. The van der Waals surface area contributed by atoms with Gasteiger partial charge in [-0.25, -0.2) is 4.79 Å². The van der Waals surface area contributed by atoms with Crippen LogP contribution in [-0.4, -0.2) is 59.0 Å². The zero-order valence-electron chi connectivity index (χ0n) is 14.0. The number of piperidine rings is 1. The van der Waals surface area contributed by atoms with Crippen LogP contribution in [0, 0.1) is 9.49 Å². The zero-order chi connectivity index (χ0) is 17.8. The summed E-state index contributed by atoms with van der Waals surface area (Å²) in [6.07, 6.45) is 1.54. The van der Waals surface area contributed by atoms with E-state index in [9.17, 15) is 9.59 Å². The number of nitrogens with two attached hydrogens (primary N) is 1. The van der Waals surface area contributed by atoms with Crippen LogP contribution >= 0.6 is 34.4 Å². The summed E-state index contributed by atoms with van der Waals surface area (Å²) < 4.78 is 1.13. The number of carbonyl (C=O) groups is 2. The van der Waals surface area contributed by atoms with E-state index in [0.717, 1.165) is 40.3 Å². The average molecular weight is 474 g/mol. The topological polar surface area (TPSA) is 78.7 Å². The van der Waals surface area contributed by atoms with E-state index in [-0.39, 0.29) is 17.9 Å². The Morgan fingerprint density at radius 3 is 2.44 bits per heavy atom. The summed E-state index contributed by atoms with van der Waals surface area (Å²) in [5, 5.41) is 2.92. The van der Waals surface area contributed by atoms with Gasteiger partial charge in [0.1, 0.15) is 0 Å². The number of carbonyl (C=O) groups excluding carboxylic acids is 2. The number of rotatable bonds is 3. The first-order valence-corrected chi connectivity index (χ1v) is 10.7. The van der Waals surface area contributed by atoms with Crippen LogP contribution < -0.4 is 11.1 Å². The van der Waals surface area contributed by atoms with Gasteiger partial charge in [-0.1, -0.05) is 0 Å². The Kier molecular flexibility index (Phi) is 6.45. The van der Waals surface area contributed by atoms with Crippen molar-refractivity contribution in [3.8, 4) is 0 Å². The molecule has 2 fully saturated rings. The summed E-state index contributed by atoms with van der Waals surface area (Å²) in [6, 6.07) is 7.19. The molecule has 1 atom stereocenters. The number of thioether (sulfide) groups is 1. The normalized spacial score (nSPS) is 19.8. The van der Waals surface area contributed by atoms with Gasteiger partial charge < -0.3 is 20.9 Å². The molecular weight excluding hydrogens is 451 g/mol. The molecule has 2 aliphatic rings. The van der Waals surface area contributed by atoms with Crippen LogP contribution in [0.1, 0.15) is 12.8 Å². The van der Waals surface area contributed by atoms with Gasteiger partial charge in [-0.3, -0.25) is 4.79 Å². The summed E-state index contributed by atoms with van der Waals surface area (Å²) >= 11 is 4.00. The molecule has 0 bridgehead atoms. The highest BCUT2D eigenvalue weighted by Crippen LogP contribution is 2.23. The summed E-state index contributed by atoms with van der Waals surface area (Å²) in [6.45, 7) is 2.07. The molecule has 3 N–H and O–H groups in total. The Bertz CT molecular complexity index is 614. The fourth-order valence-electron chi connectivity index (χ4n) is 3.20. The van der Waals surface area contributed by atoms with Crippen LogP contribution in [-0.2, 0) is 4.79 Å². The lowest BCUT2D eigenvalue weighted by Crippen LogP contribution is -2.51. The van der Waals surface area contributed by atoms with Gasteiger partial charge in [0, 0.05) is 34.6 Å². The number of amides is 3. The first kappa shape index (κ1) is 18.8. The molecule has 3 amide bonds. The molecule has 2 heterocycles.